The van der Waals surface area contributed by atoms with Crippen molar-refractivity contribution in [3.05, 3.63) is 59.0 Å². The Labute approximate surface area is 182 Å². The van der Waals surface area contributed by atoms with Gasteiger partial charge in [-0.25, -0.2) is 4.90 Å². The molecule has 0 spiro atoms. The van der Waals surface area contributed by atoms with Crippen LogP contribution in [0.25, 0.3) is 5.57 Å². The van der Waals surface area contributed by atoms with E-state index < -0.39 is 0 Å². The van der Waals surface area contributed by atoms with Gasteiger partial charge in [0.15, 0.2) is 0 Å². The third kappa shape index (κ3) is 4.54. The Kier molecular flexibility index (Phi) is 6.56. The number of nitrogens with zero attached hydrogens (tertiary/aromatic N) is 2. The molecule has 0 bridgehead atoms. The molecule has 0 aromatic heterocycles. The number of hydrogen-bond donors (Lipinski definition) is 0. The average Bonchev–Trinajstić information content (AvgIpc) is 2.91. The highest BCUT2D eigenvalue weighted by molar-refractivity contribution is 8.04. The fraction of sp³-hybridized carbons (Fsp3) is 0.333. The minimum Gasteiger partial charge on any atom is -0.491 e. The van der Waals surface area contributed by atoms with E-state index >= 15 is 0 Å². The predicted molar refractivity (Wildman–Crippen MR) is 125 cm³/mol. The van der Waals surface area contributed by atoms with Crippen molar-refractivity contribution in [1.82, 2.24) is 0 Å². The normalized spacial score (nSPS) is 14.3. The van der Waals surface area contributed by atoms with Gasteiger partial charge in [0, 0.05) is 25.0 Å². The number of hydrogen-bond acceptors (Lipinski definition) is 5. The zero-order valence-corrected chi connectivity index (χ0v) is 19.1. The number of ether oxygens (including phenoxy) is 1. The van der Waals surface area contributed by atoms with Gasteiger partial charge in [-0.15, -0.1) is 11.8 Å². The Morgan fingerprint density at radius 2 is 1.60 bits per heavy atom. The van der Waals surface area contributed by atoms with E-state index in [0.717, 1.165) is 17.0 Å². The summed E-state index contributed by atoms with van der Waals surface area (Å²) < 4.78 is 5.71. The Bertz CT molecular complexity index is 978. The highest BCUT2D eigenvalue weighted by atomic mass is 32.2. The Morgan fingerprint density at radius 1 is 0.933 bits per heavy atom. The van der Waals surface area contributed by atoms with Gasteiger partial charge >= 0.3 is 0 Å². The van der Waals surface area contributed by atoms with Crippen LogP contribution in [0.1, 0.15) is 33.3 Å². The van der Waals surface area contributed by atoms with Crippen LogP contribution >= 0.6 is 11.8 Å². The Hall–Kier alpha value is -2.73. The summed E-state index contributed by atoms with van der Waals surface area (Å²) in [6.45, 7) is 7.96. The van der Waals surface area contributed by atoms with Crippen LogP contribution in [0.3, 0.4) is 0 Å². The van der Waals surface area contributed by atoms with E-state index in [1.165, 1.54) is 16.7 Å². The molecule has 2 amide bonds. The van der Waals surface area contributed by atoms with Gasteiger partial charge in [0.25, 0.3) is 11.8 Å². The first-order valence-corrected chi connectivity index (χ1v) is 10.9. The summed E-state index contributed by atoms with van der Waals surface area (Å²) in [5.41, 5.74) is 2.67. The molecule has 0 N–H and O–H groups in total. The molecule has 6 heteroatoms. The van der Waals surface area contributed by atoms with E-state index in [-0.39, 0.29) is 23.2 Å². The molecule has 2 aromatic rings. The zero-order valence-electron chi connectivity index (χ0n) is 18.3. The molecular weight excluding hydrogens is 396 g/mol. The minimum atomic E-state index is -0.295. The molecule has 30 heavy (non-hydrogen) atoms. The maximum absolute atomic E-state index is 13.4. The Morgan fingerprint density at radius 3 is 2.17 bits per heavy atom. The molecular formula is C24H28N2O3S. The highest BCUT2D eigenvalue weighted by Gasteiger charge is 2.40. The van der Waals surface area contributed by atoms with Crippen molar-refractivity contribution >= 4 is 40.5 Å². The molecule has 0 radical (unpaired) electrons. The van der Waals surface area contributed by atoms with Gasteiger partial charge in [0.2, 0.25) is 0 Å². The van der Waals surface area contributed by atoms with E-state index in [1.54, 1.807) is 6.07 Å². The quantitative estimate of drug-likeness (QED) is 0.588. The lowest BCUT2D eigenvalue weighted by molar-refractivity contribution is -0.119. The van der Waals surface area contributed by atoms with Gasteiger partial charge in [0.05, 0.1) is 22.3 Å². The molecule has 2 aromatic carbocycles. The smallest absolute Gasteiger partial charge is 0.272 e. The molecule has 1 heterocycles. The lowest BCUT2D eigenvalue weighted by atomic mass is 10.1. The molecule has 5 nitrogen and oxygen atoms in total. The molecule has 0 atom stereocenters. The SMILES string of the molecule is CC(C)Oc1ccc(C2=C(SC(C)C)C(=O)N(c3cccc(N(C)C)c3)C2=O)cc1. The van der Waals surface area contributed by atoms with Crippen molar-refractivity contribution in [1.29, 1.82) is 0 Å². The lowest BCUT2D eigenvalue weighted by Gasteiger charge is -2.19. The van der Waals surface area contributed by atoms with Crippen LogP contribution in [0, 0.1) is 0 Å². The van der Waals surface area contributed by atoms with Crippen LogP contribution in [-0.2, 0) is 9.59 Å². The van der Waals surface area contributed by atoms with Gasteiger partial charge < -0.3 is 9.64 Å². The largest absolute Gasteiger partial charge is 0.491 e. The molecule has 0 saturated heterocycles. The van der Waals surface area contributed by atoms with Crippen molar-refractivity contribution in [3.63, 3.8) is 0 Å². The van der Waals surface area contributed by atoms with Gasteiger partial charge in [-0.1, -0.05) is 32.0 Å². The molecule has 158 valence electrons. The molecule has 0 aliphatic carbocycles. The van der Waals surface area contributed by atoms with Crippen molar-refractivity contribution in [2.75, 3.05) is 23.9 Å². The summed E-state index contributed by atoms with van der Waals surface area (Å²) in [4.78, 5) is 30.5. The van der Waals surface area contributed by atoms with E-state index in [1.807, 2.05) is 89.2 Å². The van der Waals surface area contributed by atoms with Crippen molar-refractivity contribution in [2.45, 2.75) is 39.0 Å². The molecule has 0 saturated carbocycles. The summed E-state index contributed by atoms with van der Waals surface area (Å²) >= 11 is 1.43. The van der Waals surface area contributed by atoms with Gasteiger partial charge in [0.1, 0.15) is 5.75 Å². The van der Waals surface area contributed by atoms with Crippen LogP contribution in [0.4, 0.5) is 11.4 Å². The minimum absolute atomic E-state index is 0.0660. The maximum atomic E-state index is 13.4. The fourth-order valence-electron chi connectivity index (χ4n) is 3.23. The summed E-state index contributed by atoms with van der Waals surface area (Å²) in [5.74, 6) is 0.170. The van der Waals surface area contributed by atoms with Crippen LogP contribution < -0.4 is 14.5 Å². The molecule has 3 rings (SSSR count). The van der Waals surface area contributed by atoms with Gasteiger partial charge in [-0.2, -0.15) is 0 Å². The van der Waals surface area contributed by atoms with Crippen molar-refractivity contribution < 1.29 is 14.3 Å². The van der Waals surface area contributed by atoms with E-state index in [4.69, 9.17) is 4.74 Å². The number of thioether (sulfide) groups is 1. The third-order valence-electron chi connectivity index (χ3n) is 4.51. The summed E-state index contributed by atoms with van der Waals surface area (Å²) in [7, 11) is 3.86. The summed E-state index contributed by atoms with van der Waals surface area (Å²) in [6.07, 6.45) is 0.0660. The van der Waals surface area contributed by atoms with Crippen molar-refractivity contribution in [3.8, 4) is 5.75 Å². The number of carbonyl (C=O) groups excluding carboxylic acids is 2. The number of carbonyl (C=O) groups is 2. The third-order valence-corrected chi connectivity index (χ3v) is 5.60. The maximum Gasteiger partial charge on any atom is 0.272 e. The molecule has 1 aliphatic heterocycles. The second kappa shape index (κ2) is 8.96. The van der Waals surface area contributed by atoms with E-state index in [9.17, 15) is 9.59 Å². The first-order chi connectivity index (χ1) is 14.2. The molecule has 1 aliphatic rings. The molecule has 0 fully saturated rings. The summed E-state index contributed by atoms with van der Waals surface area (Å²) in [5, 5.41) is 0.170. The number of amides is 2. The summed E-state index contributed by atoms with van der Waals surface area (Å²) in [6, 6.07) is 14.8. The fourth-order valence-corrected chi connectivity index (χ4v) is 4.21. The highest BCUT2D eigenvalue weighted by Crippen LogP contribution is 2.40. The van der Waals surface area contributed by atoms with Crippen LogP contribution in [-0.4, -0.2) is 37.3 Å². The van der Waals surface area contributed by atoms with Crippen LogP contribution in [0.15, 0.2) is 53.4 Å². The monoisotopic (exact) mass is 424 g/mol. The first kappa shape index (κ1) is 22.0. The van der Waals surface area contributed by atoms with E-state index in [2.05, 4.69) is 0 Å². The van der Waals surface area contributed by atoms with Gasteiger partial charge in [-0.3, -0.25) is 9.59 Å². The number of rotatable bonds is 7. The Balaban J connectivity index is 2.03. The number of anilines is 2. The molecule has 0 unspecified atom stereocenters. The van der Waals surface area contributed by atoms with Crippen molar-refractivity contribution in [2.24, 2.45) is 0 Å². The standard InChI is InChI=1S/C24H28N2O3S/c1-15(2)29-20-12-10-17(11-13-20)21-22(30-16(3)4)24(28)26(23(21)27)19-9-7-8-18(14-19)25(5)6/h7-16H,1-6H3. The first-order valence-electron chi connectivity index (χ1n) is 10.0. The zero-order chi connectivity index (χ0) is 22.0. The average molecular weight is 425 g/mol. The van der Waals surface area contributed by atoms with Gasteiger partial charge in [-0.05, 0) is 49.7 Å². The number of benzene rings is 2. The topological polar surface area (TPSA) is 49.9 Å². The number of imide groups is 1. The second-order valence-corrected chi connectivity index (χ2v) is 9.51. The predicted octanol–water partition coefficient (Wildman–Crippen LogP) is 4.97. The lowest BCUT2D eigenvalue weighted by Crippen LogP contribution is -2.31. The van der Waals surface area contributed by atoms with E-state index in [0.29, 0.717) is 16.2 Å². The van der Waals surface area contributed by atoms with Crippen LogP contribution in [0.5, 0.6) is 5.75 Å². The second-order valence-electron chi connectivity index (χ2n) is 7.92. The van der Waals surface area contributed by atoms with Crippen LogP contribution in [0.2, 0.25) is 0 Å².